The van der Waals surface area contributed by atoms with Gasteiger partial charge in [0.2, 0.25) is 5.82 Å². The van der Waals surface area contributed by atoms with E-state index in [0.717, 1.165) is 4.57 Å². The molecule has 0 saturated heterocycles. The third-order valence-corrected chi connectivity index (χ3v) is 2.09. The maximum atomic E-state index is 12.6. The Morgan fingerprint density at radius 1 is 1.06 bits per heavy atom. The standard InChI is InChI=1S/C10H8F3N3/c1-7-14-15-9(10(11,12)13)16(7)8-5-3-2-4-6-8/h2-6H,1H3. The Morgan fingerprint density at radius 3 is 2.25 bits per heavy atom. The molecular formula is C10H8F3N3. The van der Waals surface area contributed by atoms with Crippen LogP contribution in [0.15, 0.2) is 30.3 Å². The van der Waals surface area contributed by atoms with E-state index in [2.05, 4.69) is 10.2 Å². The maximum Gasteiger partial charge on any atom is 0.452 e. The highest BCUT2D eigenvalue weighted by molar-refractivity contribution is 5.34. The highest BCUT2D eigenvalue weighted by Crippen LogP contribution is 2.29. The van der Waals surface area contributed by atoms with Crippen molar-refractivity contribution in [2.75, 3.05) is 0 Å². The van der Waals surface area contributed by atoms with Crippen LogP contribution >= 0.6 is 0 Å². The summed E-state index contributed by atoms with van der Waals surface area (Å²) in [4.78, 5) is 0. The quantitative estimate of drug-likeness (QED) is 0.749. The Hall–Kier alpha value is -1.85. The number of hydrogen-bond acceptors (Lipinski definition) is 2. The lowest BCUT2D eigenvalue weighted by Gasteiger charge is -2.10. The second kappa shape index (κ2) is 3.62. The molecule has 1 aromatic carbocycles. The molecule has 1 aromatic heterocycles. The van der Waals surface area contributed by atoms with Gasteiger partial charge in [-0.15, -0.1) is 10.2 Å². The molecule has 0 spiro atoms. The van der Waals surface area contributed by atoms with E-state index >= 15 is 0 Å². The number of hydrogen-bond donors (Lipinski definition) is 0. The van der Waals surface area contributed by atoms with Gasteiger partial charge in [-0.3, -0.25) is 4.57 Å². The Labute approximate surface area is 89.5 Å². The molecule has 0 saturated carbocycles. The first kappa shape index (κ1) is 10.7. The van der Waals surface area contributed by atoms with E-state index in [-0.39, 0.29) is 5.82 Å². The summed E-state index contributed by atoms with van der Waals surface area (Å²) < 4.78 is 38.9. The van der Waals surface area contributed by atoms with Gasteiger partial charge in [0.05, 0.1) is 0 Å². The van der Waals surface area contributed by atoms with Crippen LogP contribution in [0.1, 0.15) is 11.6 Å². The first-order chi connectivity index (χ1) is 7.50. The molecule has 0 fully saturated rings. The lowest BCUT2D eigenvalue weighted by Crippen LogP contribution is -2.14. The number of para-hydroxylation sites is 1. The molecule has 0 aliphatic heterocycles. The predicted octanol–water partition coefficient (Wildman–Crippen LogP) is 2.59. The first-order valence-corrected chi connectivity index (χ1v) is 4.55. The lowest BCUT2D eigenvalue weighted by molar-refractivity contribution is -0.146. The average Bonchev–Trinajstić information content (AvgIpc) is 2.61. The first-order valence-electron chi connectivity index (χ1n) is 4.55. The van der Waals surface area contributed by atoms with Gasteiger partial charge in [-0.1, -0.05) is 18.2 Å². The number of rotatable bonds is 1. The summed E-state index contributed by atoms with van der Waals surface area (Å²) in [6.45, 7) is 1.48. The van der Waals surface area contributed by atoms with Crippen LogP contribution in [0.25, 0.3) is 5.69 Å². The van der Waals surface area contributed by atoms with Crippen LogP contribution < -0.4 is 0 Å². The third-order valence-electron chi connectivity index (χ3n) is 2.09. The van der Waals surface area contributed by atoms with Crippen molar-refractivity contribution in [3.63, 3.8) is 0 Å². The van der Waals surface area contributed by atoms with Crippen LogP contribution in [-0.2, 0) is 6.18 Å². The molecule has 0 unspecified atom stereocenters. The number of aryl methyl sites for hydroxylation is 1. The summed E-state index contributed by atoms with van der Waals surface area (Å²) in [5, 5.41) is 6.60. The van der Waals surface area contributed by atoms with Crippen molar-refractivity contribution in [2.24, 2.45) is 0 Å². The Bertz CT molecular complexity index is 488. The summed E-state index contributed by atoms with van der Waals surface area (Å²) in [6.07, 6.45) is -4.50. The molecule has 3 nitrogen and oxygen atoms in total. The van der Waals surface area contributed by atoms with Crippen molar-refractivity contribution < 1.29 is 13.2 Å². The minimum Gasteiger partial charge on any atom is -0.276 e. The fraction of sp³-hybridized carbons (Fsp3) is 0.200. The van der Waals surface area contributed by atoms with E-state index in [1.807, 2.05) is 0 Å². The number of nitrogens with zero attached hydrogens (tertiary/aromatic N) is 3. The molecule has 0 N–H and O–H groups in total. The van der Waals surface area contributed by atoms with E-state index < -0.39 is 12.0 Å². The number of alkyl halides is 3. The molecule has 16 heavy (non-hydrogen) atoms. The number of benzene rings is 1. The van der Waals surface area contributed by atoms with Crippen LogP contribution in [0, 0.1) is 6.92 Å². The monoisotopic (exact) mass is 227 g/mol. The Balaban J connectivity index is 2.61. The molecule has 2 aromatic rings. The van der Waals surface area contributed by atoms with Gasteiger partial charge in [-0.2, -0.15) is 13.2 Å². The fourth-order valence-electron chi connectivity index (χ4n) is 1.43. The highest BCUT2D eigenvalue weighted by atomic mass is 19.4. The minimum atomic E-state index is -4.50. The zero-order chi connectivity index (χ0) is 11.8. The van der Waals surface area contributed by atoms with Gasteiger partial charge in [0.15, 0.2) is 0 Å². The van der Waals surface area contributed by atoms with Crippen LogP contribution in [-0.4, -0.2) is 14.8 Å². The Kier molecular flexibility index (Phi) is 2.41. The van der Waals surface area contributed by atoms with E-state index in [1.165, 1.54) is 6.92 Å². The second-order valence-corrected chi connectivity index (χ2v) is 3.24. The van der Waals surface area contributed by atoms with Crippen LogP contribution in [0.3, 0.4) is 0 Å². The van der Waals surface area contributed by atoms with Crippen molar-refractivity contribution in [3.05, 3.63) is 42.0 Å². The summed E-state index contributed by atoms with van der Waals surface area (Å²) in [7, 11) is 0. The lowest BCUT2D eigenvalue weighted by atomic mass is 10.3. The van der Waals surface area contributed by atoms with Crippen molar-refractivity contribution in [1.82, 2.24) is 14.8 Å². The molecule has 0 atom stereocenters. The van der Waals surface area contributed by atoms with Gasteiger partial charge in [0.1, 0.15) is 5.82 Å². The predicted molar refractivity (Wildman–Crippen MR) is 51.1 cm³/mol. The van der Waals surface area contributed by atoms with Gasteiger partial charge < -0.3 is 0 Å². The molecule has 0 amide bonds. The average molecular weight is 227 g/mol. The molecule has 6 heteroatoms. The van der Waals surface area contributed by atoms with Crippen molar-refractivity contribution in [2.45, 2.75) is 13.1 Å². The molecule has 0 bridgehead atoms. The van der Waals surface area contributed by atoms with Crippen LogP contribution in [0.2, 0.25) is 0 Å². The highest BCUT2D eigenvalue weighted by Gasteiger charge is 2.38. The summed E-state index contributed by atoms with van der Waals surface area (Å²) in [5.74, 6) is -0.797. The SMILES string of the molecule is Cc1nnc(C(F)(F)F)n1-c1ccccc1. The van der Waals surface area contributed by atoms with Crippen LogP contribution in [0.4, 0.5) is 13.2 Å². The van der Waals surface area contributed by atoms with E-state index in [9.17, 15) is 13.2 Å². The summed E-state index contributed by atoms with van der Waals surface area (Å²) in [5.41, 5.74) is 0.400. The molecule has 0 aliphatic rings. The number of halogens is 3. The Morgan fingerprint density at radius 2 is 1.69 bits per heavy atom. The summed E-state index contributed by atoms with van der Waals surface area (Å²) in [6, 6.07) is 8.21. The molecule has 0 radical (unpaired) electrons. The van der Waals surface area contributed by atoms with E-state index in [4.69, 9.17) is 0 Å². The normalized spacial score (nSPS) is 11.8. The molecule has 1 heterocycles. The maximum absolute atomic E-state index is 12.6. The number of aromatic nitrogens is 3. The van der Waals surface area contributed by atoms with Gasteiger partial charge in [-0.05, 0) is 19.1 Å². The van der Waals surface area contributed by atoms with Gasteiger partial charge in [0, 0.05) is 5.69 Å². The minimum absolute atomic E-state index is 0.207. The van der Waals surface area contributed by atoms with Gasteiger partial charge in [0.25, 0.3) is 0 Å². The van der Waals surface area contributed by atoms with Crippen molar-refractivity contribution in [3.8, 4) is 5.69 Å². The molecule has 84 valence electrons. The van der Waals surface area contributed by atoms with Crippen LogP contribution in [0.5, 0.6) is 0 Å². The zero-order valence-corrected chi connectivity index (χ0v) is 8.36. The largest absolute Gasteiger partial charge is 0.452 e. The van der Waals surface area contributed by atoms with Gasteiger partial charge >= 0.3 is 6.18 Å². The van der Waals surface area contributed by atoms with Gasteiger partial charge in [-0.25, -0.2) is 0 Å². The second-order valence-electron chi connectivity index (χ2n) is 3.24. The summed E-state index contributed by atoms with van der Waals surface area (Å²) >= 11 is 0. The van der Waals surface area contributed by atoms with E-state index in [1.54, 1.807) is 30.3 Å². The molecule has 2 rings (SSSR count). The van der Waals surface area contributed by atoms with Crippen molar-refractivity contribution in [1.29, 1.82) is 0 Å². The topological polar surface area (TPSA) is 30.7 Å². The molecular weight excluding hydrogens is 219 g/mol. The van der Waals surface area contributed by atoms with E-state index in [0.29, 0.717) is 5.69 Å². The van der Waals surface area contributed by atoms with Crippen molar-refractivity contribution >= 4 is 0 Å². The fourth-order valence-corrected chi connectivity index (χ4v) is 1.43. The molecule has 0 aliphatic carbocycles. The smallest absolute Gasteiger partial charge is 0.276 e. The zero-order valence-electron chi connectivity index (χ0n) is 8.36. The third kappa shape index (κ3) is 1.78.